The zero-order valence-corrected chi connectivity index (χ0v) is 18.6. The van der Waals surface area contributed by atoms with Gasteiger partial charge in [-0.3, -0.25) is 4.79 Å². The molecule has 7 heteroatoms. The molecule has 0 spiro atoms. The maximum atomic E-state index is 12.7. The monoisotopic (exact) mass is 475 g/mol. The molecule has 0 aliphatic rings. The Morgan fingerprint density at radius 2 is 1.65 bits per heavy atom. The molecule has 0 saturated carbocycles. The molecule has 5 rings (SSSR count). The van der Waals surface area contributed by atoms with Gasteiger partial charge in [-0.05, 0) is 70.9 Å². The number of primary amides is 1. The van der Waals surface area contributed by atoms with Gasteiger partial charge in [0.15, 0.2) is 0 Å². The first-order valence-corrected chi connectivity index (χ1v) is 11.3. The van der Waals surface area contributed by atoms with Crippen LogP contribution in [-0.4, -0.2) is 16.0 Å². The molecule has 5 aromatic rings. The molecule has 169 valence electrons. The van der Waals surface area contributed by atoms with Crippen molar-refractivity contribution in [2.24, 2.45) is 5.73 Å². The SMILES string of the molecule is NC(=O)c1cccc2c1c1[c]cc(-c3ccccc3)cc1n2Cc1ccc(SC(F)(F)F)cc1. The molecule has 0 atom stereocenters. The van der Waals surface area contributed by atoms with Crippen molar-refractivity contribution in [3.05, 3.63) is 102 Å². The van der Waals surface area contributed by atoms with E-state index in [-0.39, 0.29) is 16.7 Å². The molecular weight excluding hydrogens is 457 g/mol. The lowest BCUT2D eigenvalue weighted by atomic mass is 10.0. The predicted molar refractivity (Wildman–Crippen MR) is 130 cm³/mol. The highest BCUT2D eigenvalue weighted by Crippen LogP contribution is 2.37. The number of carbonyl (C=O) groups is 1. The van der Waals surface area contributed by atoms with E-state index in [1.165, 1.54) is 12.1 Å². The molecule has 0 saturated heterocycles. The normalized spacial score (nSPS) is 11.9. The number of fused-ring (bicyclic) bond motifs is 3. The number of carbonyl (C=O) groups excluding carboxylic acids is 1. The minimum atomic E-state index is -4.33. The van der Waals surface area contributed by atoms with Gasteiger partial charge in [-0.15, -0.1) is 0 Å². The Labute approximate surface area is 198 Å². The van der Waals surface area contributed by atoms with Crippen molar-refractivity contribution in [3.8, 4) is 11.1 Å². The summed E-state index contributed by atoms with van der Waals surface area (Å²) in [7, 11) is 0. The third-order valence-electron chi connectivity index (χ3n) is 5.66. The third-order valence-corrected chi connectivity index (χ3v) is 6.40. The van der Waals surface area contributed by atoms with Gasteiger partial charge in [0.25, 0.3) is 0 Å². The second kappa shape index (κ2) is 8.57. The standard InChI is InChI=1S/C27H18F3N2OS/c28-27(29,30)34-20-12-9-17(10-13-20)16-32-23-8-4-7-22(26(31)33)25(23)21-14-11-19(15-24(21)32)18-5-2-1-3-6-18/h1-13,15H,16H2,(H2,31,33). The molecule has 3 nitrogen and oxygen atoms in total. The largest absolute Gasteiger partial charge is 0.446 e. The van der Waals surface area contributed by atoms with E-state index in [4.69, 9.17) is 5.73 Å². The van der Waals surface area contributed by atoms with Gasteiger partial charge in [0.2, 0.25) is 5.91 Å². The number of benzene rings is 4. The summed E-state index contributed by atoms with van der Waals surface area (Å²) in [5.74, 6) is -0.529. The molecule has 2 N–H and O–H groups in total. The minimum Gasteiger partial charge on any atom is -0.366 e. The Bertz CT molecular complexity index is 1510. The van der Waals surface area contributed by atoms with E-state index in [2.05, 4.69) is 6.07 Å². The zero-order chi connectivity index (χ0) is 23.9. The van der Waals surface area contributed by atoms with Crippen LogP contribution >= 0.6 is 11.8 Å². The van der Waals surface area contributed by atoms with Crippen LogP contribution in [0.2, 0.25) is 0 Å². The molecule has 1 radical (unpaired) electrons. The molecule has 4 aromatic carbocycles. The first kappa shape index (κ1) is 22.1. The van der Waals surface area contributed by atoms with Crippen LogP contribution in [-0.2, 0) is 6.54 Å². The summed E-state index contributed by atoms with van der Waals surface area (Å²) >= 11 is -0.136. The molecule has 1 amide bonds. The summed E-state index contributed by atoms with van der Waals surface area (Å²) in [6, 6.07) is 28.8. The molecule has 34 heavy (non-hydrogen) atoms. The van der Waals surface area contributed by atoms with Crippen LogP contribution in [0.5, 0.6) is 0 Å². The van der Waals surface area contributed by atoms with Crippen molar-refractivity contribution >= 4 is 39.5 Å². The fourth-order valence-corrected chi connectivity index (χ4v) is 4.75. The Morgan fingerprint density at radius 3 is 2.32 bits per heavy atom. The van der Waals surface area contributed by atoms with Gasteiger partial charge in [0.1, 0.15) is 0 Å². The van der Waals surface area contributed by atoms with Gasteiger partial charge in [-0.1, -0.05) is 48.5 Å². The Morgan fingerprint density at radius 1 is 0.912 bits per heavy atom. The average molecular weight is 476 g/mol. The van der Waals surface area contributed by atoms with E-state index >= 15 is 0 Å². The number of alkyl halides is 3. The topological polar surface area (TPSA) is 48.0 Å². The predicted octanol–water partition coefficient (Wildman–Crippen LogP) is 7.02. The lowest BCUT2D eigenvalue weighted by Gasteiger charge is -2.10. The summed E-state index contributed by atoms with van der Waals surface area (Å²) in [5, 5.41) is 1.49. The molecule has 0 fully saturated rings. The van der Waals surface area contributed by atoms with Gasteiger partial charge >= 0.3 is 5.51 Å². The number of thioether (sulfide) groups is 1. The van der Waals surface area contributed by atoms with Crippen LogP contribution in [0.3, 0.4) is 0 Å². The number of hydrogen-bond acceptors (Lipinski definition) is 2. The van der Waals surface area contributed by atoms with Crippen molar-refractivity contribution in [3.63, 3.8) is 0 Å². The molecule has 1 aromatic heterocycles. The number of amides is 1. The van der Waals surface area contributed by atoms with Gasteiger partial charge in [-0.2, -0.15) is 13.2 Å². The Hall–Kier alpha value is -3.71. The fraction of sp³-hybridized carbons (Fsp3) is 0.0741. The Balaban J connectivity index is 1.67. The van der Waals surface area contributed by atoms with E-state index in [0.717, 1.165) is 33.1 Å². The van der Waals surface area contributed by atoms with Gasteiger partial charge < -0.3 is 10.3 Å². The maximum Gasteiger partial charge on any atom is 0.446 e. The van der Waals surface area contributed by atoms with E-state index in [1.807, 2.05) is 53.1 Å². The summed E-state index contributed by atoms with van der Waals surface area (Å²) < 4.78 is 40.1. The van der Waals surface area contributed by atoms with Gasteiger partial charge in [0.05, 0.1) is 11.0 Å². The highest BCUT2D eigenvalue weighted by Gasteiger charge is 2.29. The summed E-state index contributed by atoms with van der Waals surface area (Å²) in [4.78, 5) is 12.3. The van der Waals surface area contributed by atoms with E-state index in [0.29, 0.717) is 17.5 Å². The quantitative estimate of drug-likeness (QED) is 0.278. The first-order valence-electron chi connectivity index (χ1n) is 10.5. The minimum absolute atomic E-state index is 0.134. The number of rotatable bonds is 5. The Kier molecular flexibility index (Phi) is 5.57. The van der Waals surface area contributed by atoms with Crippen molar-refractivity contribution in [1.29, 1.82) is 0 Å². The summed E-state index contributed by atoms with van der Waals surface area (Å²) in [6.45, 7) is 0.408. The van der Waals surface area contributed by atoms with Crippen LogP contribution in [0.4, 0.5) is 13.2 Å². The van der Waals surface area contributed by atoms with Crippen LogP contribution in [0.1, 0.15) is 15.9 Å². The lowest BCUT2D eigenvalue weighted by Crippen LogP contribution is -2.11. The highest BCUT2D eigenvalue weighted by molar-refractivity contribution is 8.00. The van der Waals surface area contributed by atoms with Crippen LogP contribution in [0.15, 0.2) is 89.8 Å². The molecular formula is C27H18F3N2OS. The second-order valence-electron chi connectivity index (χ2n) is 7.86. The maximum absolute atomic E-state index is 12.7. The highest BCUT2D eigenvalue weighted by atomic mass is 32.2. The lowest BCUT2D eigenvalue weighted by molar-refractivity contribution is -0.0328. The van der Waals surface area contributed by atoms with Crippen molar-refractivity contribution < 1.29 is 18.0 Å². The number of nitrogens with two attached hydrogens (primary N) is 1. The van der Waals surface area contributed by atoms with Crippen LogP contribution < -0.4 is 5.73 Å². The smallest absolute Gasteiger partial charge is 0.366 e. The number of halogens is 3. The van der Waals surface area contributed by atoms with E-state index in [1.54, 1.807) is 24.3 Å². The molecule has 1 heterocycles. The van der Waals surface area contributed by atoms with E-state index in [9.17, 15) is 18.0 Å². The molecule has 0 aliphatic carbocycles. The summed E-state index contributed by atoms with van der Waals surface area (Å²) in [5.41, 5.74) is 6.24. The van der Waals surface area contributed by atoms with Crippen molar-refractivity contribution in [1.82, 2.24) is 4.57 Å². The zero-order valence-electron chi connectivity index (χ0n) is 17.8. The van der Waals surface area contributed by atoms with Gasteiger partial charge in [-0.25, -0.2) is 0 Å². The number of nitrogens with zero attached hydrogens (tertiary/aromatic N) is 1. The average Bonchev–Trinajstić information content (AvgIpc) is 3.13. The first-order chi connectivity index (χ1) is 16.3. The van der Waals surface area contributed by atoms with Crippen LogP contribution in [0, 0.1) is 6.07 Å². The second-order valence-corrected chi connectivity index (χ2v) is 8.99. The van der Waals surface area contributed by atoms with Crippen molar-refractivity contribution in [2.75, 3.05) is 0 Å². The summed E-state index contributed by atoms with van der Waals surface area (Å²) in [6.07, 6.45) is 0. The number of aromatic nitrogens is 1. The fourth-order valence-electron chi connectivity index (χ4n) is 4.21. The molecule has 0 bridgehead atoms. The third kappa shape index (κ3) is 4.26. The van der Waals surface area contributed by atoms with Crippen molar-refractivity contribution in [2.45, 2.75) is 16.9 Å². The van der Waals surface area contributed by atoms with E-state index < -0.39 is 11.4 Å². The molecule has 0 aliphatic heterocycles. The molecule has 0 unspecified atom stereocenters. The number of hydrogen-bond donors (Lipinski definition) is 1. The van der Waals surface area contributed by atoms with Crippen LogP contribution in [0.25, 0.3) is 32.9 Å². The van der Waals surface area contributed by atoms with Gasteiger partial charge in [0, 0.05) is 27.8 Å².